The van der Waals surface area contributed by atoms with Gasteiger partial charge in [-0.3, -0.25) is 4.90 Å². The van der Waals surface area contributed by atoms with Crippen LogP contribution in [0.15, 0.2) is 23.6 Å². The first-order valence-electron chi connectivity index (χ1n) is 7.01. The zero-order valence-electron chi connectivity index (χ0n) is 11.8. The van der Waals surface area contributed by atoms with Gasteiger partial charge in [-0.2, -0.15) is 0 Å². The highest BCUT2D eigenvalue weighted by molar-refractivity contribution is 7.10. The van der Waals surface area contributed by atoms with Crippen LogP contribution in [0.4, 0.5) is 0 Å². The van der Waals surface area contributed by atoms with Crippen molar-refractivity contribution < 1.29 is 0 Å². The first kappa shape index (κ1) is 15.3. The van der Waals surface area contributed by atoms with Gasteiger partial charge in [-0.1, -0.05) is 35.3 Å². The van der Waals surface area contributed by atoms with Crippen molar-refractivity contribution in [2.24, 2.45) is 0 Å². The Morgan fingerprint density at radius 3 is 2.81 bits per heavy atom. The monoisotopic (exact) mass is 341 g/mol. The predicted octanol–water partition coefficient (Wildman–Crippen LogP) is 4.08. The quantitative estimate of drug-likeness (QED) is 0.911. The lowest BCUT2D eigenvalue weighted by atomic mass is 10.2. The summed E-state index contributed by atoms with van der Waals surface area (Å²) >= 11 is 14.0. The van der Waals surface area contributed by atoms with Crippen LogP contribution in [0, 0.1) is 0 Å². The van der Waals surface area contributed by atoms with E-state index in [1.807, 2.05) is 12.1 Å². The Balaban J connectivity index is 1.84. The third-order valence-corrected chi connectivity index (χ3v) is 5.64. The number of hydrogen-bond acceptors (Lipinski definition) is 4. The molecule has 2 aromatic rings. The van der Waals surface area contributed by atoms with E-state index in [0.717, 1.165) is 42.4 Å². The Bertz CT molecular complexity index is 623. The maximum atomic E-state index is 6.28. The second-order valence-corrected chi connectivity index (χ2v) is 6.81. The molecule has 1 fully saturated rings. The van der Waals surface area contributed by atoms with Gasteiger partial charge in [-0.15, -0.1) is 11.3 Å². The Morgan fingerprint density at radius 2 is 2.05 bits per heavy atom. The second-order valence-electron chi connectivity index (χ2n) is 5.13. The van der Waals surface area contributed by atoms with Gasteiger partial charge in [0.05, 0.1) is 21.8 Å². The van der Waals surface area contributed by atoms with Gasteiger partial charge in [0, 0.05) is 37.1 Å². The molecule has 1 unspecified atom stereocenters. The molecule has 0 saturated carbocycles. The van der Waals surface area contributed by atoms with Gasteiger partial charge in [-0.25, -0.2) is 4.98 Å². The highest BCUT2D eigenvalue weighted by Gasteiger charge is 2.21. The average molecular weight is 342 g/mol. The predicted molar refractivity (Wildman–Crippen MR) is 90.4 cm³/mol. The van der Waals surface area contributed by atoms with Gasteiger partial charge in [0.25, 0.3) is 0 Å². The third kappa shape index (κ3) is 3.25. The number of halogens is 2. The van der Waals surface area contributed by atoms with Crippen molar-refractivity contribution >= 4 is 34.5 Å². The first-order chi connectivity index (χ1) is 10.2. The van der Waals surface area contributed by atoms with Gasteiger partial charge in [0.2, 0.25) is 0 Å². The highest BCUT2D eigenvalue weighted by Crippen LogP contribution is 2.35. The van der Waals surface area contributed by atoms with Crippen LogP contribution in [0.1, 0.15) is 18.0 Å². The summed E-state index contributed by atoms with van der Waals surface area (Å²) in [4.78, 5) is 7.23. The van der Waals surface area contributed by atoms with Gasteiger partial charge >= 0.3 is 0 Å². The van der Waals surface area contributed by atoms with Crippen molar-refractivity contribution in [3.8, 4) is 11.3 Å². The van der Waals surface area contributed by atoms with E-state index in [9.17, 15) is 0 Å². The SMILES string of the molecule is CC(c1nc(-c2cccc(Cl)c2Cl)cs1)N1CCNCC1. The fourth-order valence-electron chi connectivity index (χ4n) is 2.53. The van der Waals surface area contributed by atoms with E-state index in [4.69, 9.17) is 28.2 Å². The molecule has 1 saturated heterocycles. The van der Waals surface area contributed by atoms with Crippen LogP contribution in [0.5, 0.6) is 0 Å². The fourth-order valence-corrected chi connectivity index (χ4v) is 3.84. The van der Waals surface area contributed by atoms with Gasteiger partial charge in [-0.05, 0) is 13.0 Å². The molecule has 112 valence electrons. The van der Waals surface area contributed by atoms with E-state index >= 15 is 0 Å². The van der Waals surface area contributed by atoms with Gasteiger partial charge in [0.15, 0.2) is 0 Å². The Morgan fingerprint density at radius 1 is 1.29 bits per heavy atom. The molecule has 1 N–H and O–H groups in total. The van der Waals surface area contributed by atoms with Crippen LogP contribution in [0.25, 0.3) is 11.3 Å². The maximum absolute atomic E-state index is 6.28. The number of nitrogens with one attached hydrogen (secondary N) is 1. The van der Waals surface area contributed by atoms with E-state index in [0.29, 0.717) is 16.1 Å². The lowest BCUT2D eigenvalue weighted by molar-refractivity contribution is 0.185. The minimum atomic E-state index is 0.337. The van der Waals surface area contributed by atoms with Gasteiger partial charge < -0.3 is 5.32 Å². The summed E-state index contributed by atoms with van der Waals surface area (Å²) in [5.41, 5.74) is 1.81. The number of nitrogens with zero attached hydrogens (tertiary/aromatic N) is 2. The van der Waals surface area contributed by atoms with Crippen molar-refractivity contribution in [2.75, 3.05) is 26.2 Å². The van der Waals surface area contributed by atoms with Crippen LogP contribution in [0.2, 0.25) is 10.0 Å². The number of rotatable bonds is 3. The van der Waals surface area contributed by atoms with E-state index < -0.39 is 0 Å². The Kier molecular flexibility index (Phi) is 4.82. The Labute approximate surface area is 138 Å². The third-order valence-electron chi connectivity index (χ3n) is 3.81. The second kappa shape index (κ2) is 6.63. The van der Waals surface area contributed by atoms with Crippen molar-refractivity contribution in [3.63, 3.8) is 0 Å². The van der Waals surface area contributed by atoms with Gasteiger partial charge in [0.1, 0.15) is 5.01 Å². The molecular weight excluding hydrogens is 325 g/mol. The summed E-state index contributed by atoms with van der Waals surface area (Å²) in [5.74, 6) is 0. The van der Waals surface area contributed by atoms with E-state index in [2.05, 4.69) is 22.5 Å². The molecule has 1 aromatic carbocycles. The lowest BCUT2D eigenvalue weighted by Crippen LogP contribution is -2.44. The summed E-state index contributed by atoms with van der Waals surface area (Å²) in [6.07, 6.45) is 0. The van der Waals surface area contributed by atoms with Crippen LogP contribution in [0.3, 0.4) is 0 Å². The number of aromatic nitrogens is 1. The molecule has 1 atom stereocenters. The Hall–Kier alpha value is -0.650. The molecule has 0 aliphatic carbocycles. The number of hydrogen-bond donors (Lipinski definition) is 1. The molecular formula is C15H17Cl2N3S. The first-order valence-corrected chi connectivity index (χ1v) is 8.65. The standard InChI is InChI=1S/C15H17Cl2N3S/c1-10(20-7-5-18-6-8-20)15-19-13(9-21-15)11-3-2-4-12(16)14(11)17/h2-4,9-10,18H,5-8H2,1H3. The molecule has 21 heavy (non-hydrogen) atoms. The molecule has 1 aliphatic heterocycles. The molecule has 0 spiro atoms. The average Bonchev–Trinajstić information content (AvgIpc) is 3.00. The molecule has 6 heteroatoms. The molecule has 1 aliphatic rings. The largest absolute Gasteiger partial charge is 0.314 e. The molecule has 2 heterocycles. The fraction of sp³-hybridized carbons (Fsp3) is 0.400. The molecule has 0 bridgehead atoms. The topological polar surface area (TPSA) is 28.2 Å². The lowest BCUT2D eigenvalue weighted by Gasteiger charge is -2.31. The van der Waals surface area contributed by atoms with E-state index in [1.165, 1.54) is 0 Å². The summed E-state index contributed by atoms with van der Waals surface area (Å²) in [5, 5.41) is 7.71. The van der Waals surface area contributed by atoms with Crippen molar-refractivity contribution in [1.82, 2.24) is 15.2 Å². The normalized spacial score (nSPS) is 17.9. The van der Waals surface area contributed by atoms with Crippen LogP contribution in [-0.4, -0.2) is 36.1 Å². The minimum Gasteiger partial charge on any atom is -0.314 e. The van der Waals surface area contributed by atoms with E-state index in [-0.39, 0.29) is 0 Å². The maximum Gasteiger partial charge on any atom is 0.110 e. The summed E-state index contributed by atoms with van der Waals surface area (Å²) in [6, 6.07) is 6.00. The van der Waals surface area contributed by atoms with Crippen molar-refractivity contribution in [2.45, 2.75) is 13.0 Å². The zero-order chi connectivity index (χ0) is 14.8. The zero-order valence-corrected chi connectivity index (χ0v) is 14.1. The molecule has 3 rings (SSSR count). The van der Waals surface area contributed by atoms with E-state index in [1.54, 1.807) is 17.4 Å². The molecule has 0 amide bonds. The number of piperazine rings is 1. The summed E-state index contributed by atoms with van der Waals surface area (Å²) < 4.78 is 0. The van der Waals surface area contributed by atoms with Crippen LogP contribution >= 0.6 is 34.5 Å². The summed E-state index contributed by atoms with van der Waals surface area (Å²) in [6.45, 7) is 6.43. The smallest absolute Gasteiger partial charge is 0.110 e. The van der Waals surface area contributed by atoms with Crippen LogP contribution < -0.4 is 5.32 Å². The van der Waals surface area contributed by atoms with Crippen LogP contribution in [-0.2, 0) is 0 Å². The van der Waals surface area contributed by atoms with Crippen molar-refractivity contribution in [3.05, 3.63) is 38.6 Å². The van der Waals surface area contributed by atoms with Crippen molar-refractivity contribution in [1.29, 1.82) is 0 Å². The number of benzene rings is 1. The highest BCUT2D eigenvalue weighted by atomic mass is 35.5. The minimum absolute atomic E-state index is 0.337. The number of thiazole rings is 1. The molecule has 0 radical (unpaired) electrons. The molecule has 1 aromatic heterocycles. The molecule has 3 nitrogen and oxygen atoms in total. The summed E-state index contributed by atoms with van der Waals surface area (Å²) in [7, 11) is 0.